The van der Waals surface area contributed by atoms with Gasteiger partial charge in [0.1, 0.15) is 5.82 Å². The van der Waals surface area contributed by atoms with E-state index in [2.05, 4.69) is 9.88 Å². The Morgan fingerprint density at radius 3 is 2.36 bits per heavy atom. The summed E-state index contributed by atoms with van der Waals surface area (Å²) in [6.45, 7) is 8.71. The van der Waals surface area contributed by atoms with Gasteiger partial charge in [-0.3, -0.25) is 9.69 Å². The number of carbonyl (C=O) groups excluding carboxylic acids is 1. The van der Waals surface area contributed by atoms with Crippen molar-refractivity contribution in [3.63, 3.8) is 0 Å². The molecule has 0 bridgehead atoms. The van der Waals surface area contributed by atoms with Crippen molar-refractivity contribution in [3.05, 3.63) is 52.8 Å². The van der Waals surface area contributed by atoms with Gasteiger partial charge in [-0.2, -0.15) is 0 Å². The van der Waals surface area contributed by atoms with Gasteiger partial charge in [0, 0.05) is 19.5 Å². The van der Waals surface area contributed by atoms with E-state index in [1.165, 1.54) is 23.5 Å². The molecule has 1 amide bonds. The predicted molar refractivity (Wildman–Crippen MR) is 133 cm³/mol. The normalized spacial score (nSPS) is 11.9. The van der Waals surface area contributed by atoms with Crippen molar-refractivity contribution in [2.75, 3.05) is 36.8 Å². The van der Waals surface area contributed by atoms with Crippen LogP contribution in [0.1, 0.15) is 25.8 Å². The maximum absolute atomic E-state index is 13.2. The number of fused-ring (bicyclic) bond motifs is 1. The molecule has 0 spiro atoms. The van der Waals surface area contributed by atoms with Crippen LogP contribution < -0.4 is 4.90 Å². The second-order valence-corrected chi connectivity index (χ2v) is 11.1. The molecule has 33 heavy (non-hydrogen) atoms. The van der Waals surface area contributed by atoms with Gasteiger partial charge in [0.05, 0.1) is 25.9 Å². The molecule has 1 heterocycles. The number of nitrogens with zero attached hydrogens (tertiary/aromatic N) is 3. The Kier molecular flexibility index (Phi) is 8.44. The number of aromatic nitrogens is 1. The van der Waals surface area contributed by atoms with Gasteiger partial charge < -0.3 is 4.90 Å². The first kappa shape index (κ1) is 25.6. The van der Waals surface area contributed by atoms with E-state index in [0.717, 1.165) is 41.0 Å². The number of sulfone groups is 1. The molecule has 10 heteroatoms. The minimum Gasteiger partial charge on any atom is -0.302 e. The average molecular weight is 512 g/mol. The molecule has 6 nitrogen and oxygen atoms in total. The Morgan fingerprint density at radius 2 is 1.76 bits per heavy atom. The molecule has 3 rings (SSSR count). The van der Waals surface area contributed by atoms with Crippen LogP contribution in [0, 0.1) is 12.7 Å². The van der Waals surface area contributed by atoms with Crippen LogP contribution in [0.2, 0.25) is 5.02 Å². The predicted octanol–water partition coefficient (Wildman–Crippen LogP) is 4.94. The van der Waals surface area contributed by atoms with E-state index >= 15 is 0 Å². The lowest BCUT2D eigenvalue weighted by Gasteiger charge is -2.24. The summed E-state index contributed by atoms with van der Waals surface area (Å²) in [5, 5.41) is 1.06. The van der Waals surface area contributed by atoms with Crippen LogP contribution in [0.15, 0.2) is 41.3 Å². The number of thiazole rings is 1. The lowest BCUT2D eigenvalue weighted by molar-refractivity contribution is -0.118. The molecule has 0 atom stereocenters. The highest BCUT2D eigenvalue weighted by Gasteiger charge is 2.24. The highest BCUT2D eigenvalue weighted by molar-refractivity contribution is 7.91. The zero-order chi connectivity index (χ0) is 24.2. The third kappa shape index (κ3) is 6.09. The quantitative estimate of drug-likeness (QED) is 0.361. The molecule has 0 unspecified atom stereocenters. The van der Waals surface area contributed by atoms with E-state index in [1.807, 2.05) is 26.8 Å². The Balaban J connectivity index is 1.86. The number of aryl methyl sites for hydroxylation is 1. The highest BCUT2D eigenvalue weighted by Crippen LogP contribution is 2.35. The van der Waals surface area contributed by atoms with E-state index < -0.39 is 15.7 Å². The molecule has 2 aromatic carbocycles. The molecular formula is C23H27ClFN3O3S2. The zero-order valence-corrected chi connectivity index (χ0v) is 21.2. The van der Waals surface area contributed by atoms with Crippen LogP contribution in [-0.2, 0) is 14.6 Å². The molecule has 0 fully saturated rings. The highest BCUT2D eigenvalue weighted by atomic mass is 35.5. The Hall–Kier alpha value is -2.07. The molecule has 1 aromatic heterocycles. The van der Waals surface area contributed by atoms with Crippen LogP contribution in [0.5, 0.6) is 0 Å². The smallest absolute Gasteiger partial charge is 0.229 e. The number of carbonyl (C=O) groups is 1. The third-order valence-electron chi connectivity index (χ3n) is 5.51. The Morgan fingerprint density at radius 1 is 1.09 bits per heavy atom. The number of hydrogen-bond acceptors (Lipinski definition) is 6. The van der Waals surface area contributed by atoms with Gasteiger partial charge in [0.25, 0.3) is 0 Å². The second kappa shape index (κ2) is 10.9. The second-order valence-electron chi connectivity index (χ2n) is 7.63. The number of halogens is 2. The van der Waals surface area contributed by atoms with Crippen LogP contribution in [0.3, 0.4) is 0 Å². The molecule has 0 saturated carbocycles. The molecule has 178 valence electrons. The first-order chi connectivity index (χ1) is 15.7. The van der Waals surface area contributed by atoms with Gasteiger partial charge in [-0.1, -0.05) is 42.9 Å². The summed E-state index contributed by atoms with van der Waals surface area (Å²) >= 11 is 7.68. The van der Waals surface area contributed by atoms with Crippen molar-refractivity contribution in [2.45, 2.75) is 32.1 Å². The van der Waals surface area contributed by atoms with Crippen LogP contribution in [0.4, 0.5) is 9.52 Å². The fourth-order valence-corrected chi connectivity index (χ4v) is 6.02. The van der Waals surface area contributed by atoms with E-state index in [1.54, 1.807) is 11.0 Å². The SMILES string of the molecule is CCN(CC)CCN(C(=O)CCS(=O)(=O)c1ccc(F)cc1)c1nc2c(C)ccc(Cl)c2s1. The average Bonchev–Trinajstić information content (AvgIpc) is 3.24. The van der Waals surface area contributed by atoms with Crippen molar-refractivity contribution >= 4 is 54.0 Å². The molecule has 0 aliphatic carbocycles. The first-order valence-electron chi connectivity index (χ1n) is 10.7. The van der Waals surface area contributed by atoms with Crippen LogP contribution in [-0.4, -0.2) is 56.1 Å². The van der Waals surface area contributed by atoms with Crippen LogP contribution >= 0.6 is 22.9 Å². The van der Waals surface area contributed by atoms with E-state index in [0.29, 0.717) is 23.2 Å². The summed E-state index contributed by atoms with van der Waals surface area (Å²) in [5.41, 5.74) is 1.69. The molecule has 0 saturated heterocycles. The van der Waals surface area contributed by atoms with Gasteiger partial charge >= 0.3 is 0 Å². The molecule has 3 aromatic rings. The molecule has 0 N–H and O–H groups in total. The Bertz CT molecular complexity index is 1190. The minimum absolute atomic E-state index is 0.00575. The lowest BCUT2D eigenvalue weighted by Crippen LogP contribution is -2.39. The van der Waals surface area contributed by atoms with Gasteiger partial charge in [-0.15, -0.1) is 0 Å². The number of benzene rings is 2. The molecule has 0 aliphatic heterocycles. The summed E-state index contributed by atoms with van der Waals surface area (Å²) in [6.07, 6.45) is -0.208. The van der Waals surface area contributed by atoms with Crippen molar-refractivity contribution < 1.29 is 17.6 Å². The van der Waals surface area contributed by atoms with Crippen molar-refractivity contribution in [1.82, 2.24) is 9.88 Å². The van der Waals surface area contributed by atoms with Gasteiger partial charge in [-0.05, 0) is 55.9 Å². The van der Waals surface area contributed by atoms with E-state index in [9.17, 15) is 17.6 Å². The van der Waals surface area contributed by atoms with Gasteiger partial charge in [0.2, 0.25) is 5.91 Å². The van der Waals surface area contributed by atoms with Gasteiger partial charge in [-0.25, -0.2) is 17.8 Å². The minimum atomic E-state index is -3.73. The number of likely N-dealkylation sites (N-methyl/N-ethyl adjacent to an activating group) is 1. The molecule has 0 radical (unpaired) electrons. The Labute approximate surface area is 202 Å². The first-order valence-corrected chi connectivity index (χ1v) is 13.6. The van der Waals surface area contributed by atoms with Crippen molar-refractivity contribution in [3.8, 4) is 0 Å². The number of hydrogen-bond donors (Lipinski definition) is 0. The maximum Gasteiger partial charge on any atom is 0.229 e. The van der Waals surface area contributed by atoms with Crippen LogP contribution in [0.25, 0.3) is 10.2 Å². The fourth-order valence-electron chi connectivity index (χ4n) is 3.43. The summed E-state index contributed by atoms with van der Waals surface area (Å²) in [6, 6.07) is 8.30. The van der Waals surface area contributed by atoms with Crippen molar-refractivity contribution in [1.29, 1.82) is 0 Å². The van der Waals surface area contributed by atoms with E-state index in [4.69, 9.17) is 11.6 Å². The maximum atomic E-state index is 13.2. The summed E-state index contributed by atoms with van der Waals surface area (Å²) in [5.74, 6) is -1.22. The summed E-state index contributed by atoms with van der Waals surface area (Å²) in [7, 11) is -3.73. The number of anilines is 1. The molecular weight excluding hydrogens is 485 g/mol. The number of amides is 1. The molecule has 0 aliphatic rings. The summed E-state index contributed by atoms with van der Waals surface area (Å²) in [4.78, 5) is 21.6. The van der Waals surface area contributed by atoms with E-state index in [-0.39, 0.29) is 23.0 Å². The summed E-state index contributed by atoms with van der Waals surface area (Å²) < 4.78 is 39.3. The van der Waals surface area contributed by atoms with Crippen molar-refractivity contribution in [2.24, 2.45) is 0 Å². The topological polar surface area (TPSA) is 70.6 Å². The lowest BCUT2D eigenvalue weighted by atomic mass is 10.2. The number of rotatable bonds is 10. The fraction of sp³-hybridized carbons (Fsp3) is 0.391. The van der Waals surface area contributed by atoms with Gasteiger partial charge in [0.15, 0.2) is 15.0 Å². The zero-order valence-electron chi connectivity index (χ0n) is 18.8. The monoisotopic (exact) mass is 511 g/mol. The largest absolute Gasteiger partial charge is 0.302 e. The third-order valence-corrected chi connectivity index (χ3v) is 8.78. The standard InChI is InChI=1S/C23H27ClFN3O3S2/c1-4-27(5-2)13-14-28(23-26-21-16(3)6-11-19(24)22(21)32-23)20(29)12-15-33(30,31)18-9-7-17(25)8-10-18/h6-11H,4-5,12-15H2,1-3H3.